The SMILES string of the molecule is O=C(c1ccc2c(-c3ccccc3)cccc2c1)N1CCC(C(O)c2ccccn2)CC1. The van der Waals surface area contributed by atoms with Crippen LogP contribution in [0.2, 0.25) is 0 Å². The van der Waals surface area contributed by atoms with E-state index in [1.54, 1.807) is 6.20 Å². The number of nitrogens with zero attached hydrogens (tertiary/aromatic N) is 2. The second-order valence-electron chi connectivity index (χ2n) is 8.44. The number of aliphatic hydroxyl groups is 1. The normalized spacial score (nSPS) is 15.6. The minimum Gasteiger partial charge on any atom is -0.387 e. The van der Waals surface area contributed by atoms with Crippen molar-refractivity contribution in [2.75, 3.05) is 13.1 Å². The molecule has 5 rings (SSSR count). The van der Waals surface area contributed by atoms with Crippen LogP contribution in [0.1, 0.15) is 35.0 Å². The lowest BCUT2D eigenvalue weighted by atomic mass is 9.89. The molecule has 1 unspecified atom stereocenters. The summed E-state index contributed by atoms with van der Waals surface area (Å²) in [6, 6.07) is 28.2. The highest BCUT2D eigenvalue weighted by Crippen LogP contribution is 2.32. The zero-order valence-electron chi connectivity index (χ0n) is 17.9. The van der Waals surface area contributed by atoms with Gasteiger partial charge in [-0.3, -0.25) is 9.78 Å². The van der Waals surface area contributed by atoms with Crippen molar-refractivity contribution < 1.29 is 9.90 Å². The van der Waals surface area contributed by atoms with Crippen LogP contribution in [0.25, 0.3) is 21.9 Å². The summed E-state index contributed by atoms with van der Waals surface area (Å²) in [6.07, 6.45) is 2.68. The topological polar surface area (TPSA) is 53.4 Å². The largest absolute Gasteiger partial charge is 0.387 e. The third kappa shape index (κ3) is 4.02. The molecule has 0 bridgehead atoms. The number of likely N-dealkylation sites (tertiary alicyclic amines) is 1. The molecule has 1 atom stereocenters. The highest BCUT2D eigenvalue weighted by molar-refractivity contribution is 6.02. The highest BCUT2D eigenvalue weighted by atomic mass is 16.3. The van der Waals surface area contributed by atoms with E-state index in [1.807, 2.05) is 59.5 Å². The second-order valence-corrected chi connectivity index (χ2v) is 8.44. The molecule has 0 aliphatic carbocycles. The van der Waals surface area contributed by atoms with Gasteiger partial charge in [0.1, 0.15) is 0 Å². The van der Waals surface area contributed by atoms with Crippen LogP contribution in [-0.4, -0.2) is 34.0 Å². The number of piperidine rings is 1. The Balaban J connectivity index is 1.31. The number of benzene rings is 3. The van der Waals surface area contributed by atoms with Gasteiger partial charge in [0.25, 0.3) is 5.91 Å². The summed E-state index contributed by atoms with van der Waals surface area (Å²) in [7, 11) is 0. The molecule has 0 radical (unpaired) electrons. The first-order chi connectivity index (χ1) is 15.7. The molecule has 1 N–H and O–H groups in total. The molecule has 0 spiro atoms. The van der Waals surface area contributed by atoms with E-state index < -0.39 is 6.10 Å². The minimum absolute atomic E-state index is 0.0581. The van der Waals surface area contributed by atoms with E-state index in [2.05, 4.69) is 35.3 Å². The standard InChI is InChI=1S/C28H26N2O2/c31-27(26-11-4-5-16-29-26)21-14-17-30(18-15-21)28(32)23-12-13-25-22(19-23)9-6-10-24(25)20-7-2-1-3-8-20/h1-13,16,19,21,27,31H,14-15,17-18H2. The zero-order chi connectivity index (χ0) is 21.9. The van der Waals surface area contributed by atoms with Crippen molar-refractivity contribution >= 4 is 16.7 Å². The maximum Gasteiger partial charge on any atom is 0.253 e. The third-order valence-electron chi connectivity index (χ3n) is 6.48. The van der Waals surface area contributed by atoms with Crippen LogP contribution in [0.3, 0.4) is 0 Å². The summed E-state index contributed by atoms with van der Waals surface area (Å²) in [5.74, 6) is 0.182. The van der Waals surface area contributed by atoms with Crippen LogP contribution in [0.5, 0.6) is 0 Å². The molecule has 4 heteroatoms. The lowest BCUT2D eigenvalue weighted by molar-refractivity contribution is 0.0447. The van der Waals surface area contributed by atoms with Gasteiger partial charge in [0.15, 0.2) is 0 Å². The van der Waals surface area contributed by atoms with E-state index >= 15 is 0 Å². The Labute approximate surface area is 188 Å². The summed E-state index contributed by atoms with van der Waals surface area (Å²) in [6.45, 7) is 1.30. The van der Waals surface area contributed by atoms with Gasteiger partial charge in [-0.2, -0.15) is 0 Å². The van der Waals surface area contributed by atoms with Crippen LogP contribution in [0.15, 0.2) is 91.1 Å². The Hall–Kier alpha value is -3.50. The summed E-state index contributed by atoms with van der Waals surface area (Å²) in [4.78, 5) is 19.4. The van der Waals surface area contributed by atoms with E-state index in [1.165, 1.54) is 11.1 Å². The number of fused-ring (bicyclic) bond motifs is 1. The van der Waals surface area contributed by atoms with Gasteiger partial charge in [-0.15, -0.1) is 0 Å². The molecule has 1 fully saturated rings. The fourth-order valence-electron chi connectivity index (χ4n) is 4.68. The molecule has 160 valence electrons. The molecule has 1 aromatic heterocycles. The molecular weight excluding hydrogens is 396 g/mol. The van der Waals surface area contributed by atoms with Gasteiger partial charge in [-0.05, 0) is 64.9 Å². The molecule has 1 aliphatic rings. The quantitative estimate of drug-likeness (QED) is 0.473. The molecule has 1 saturated heterocycles. The minimum atomic E-state index is -0.578. The first-order valence-corrected chi connectivity index (χ1v) is 11.2. The zero-order valence-corrected chi connectivity index (χ0v) is 17.9. The van der Waals surface area contributed by atoms with E-state index in [0.29, 0.717) is 24.3 Å². The first-order valence-electron chi connectivity index (χ1n) is 11.2. The molecule has 1 amide bonds. The van der Waals surface area contributed by atoms with E-state index in [0.717, 1.165) is 23.6 Å². The number of pyridine rings is 1. The summed E-state index contributed by atoms with van der Waals surface area (Å²) < 4.78 is 0. The van der Waals surface area contributed by atoms with Gasteiger partial charge in [0.05, 0.1) is 11.8 Å². The molecule has 1 aliphatic heterocycles. The number of aromatic nitrogens is 1. The number of hydrogen-bond acceptors (Lipinski definition) is 3. The lowest BCUT2D eigenvalue weighted by Gasteiger charge is -2.34. The molecular formula is C28H26N2O2. The maximum atomic E-state index is 13.2. The smallest absolute Gasteiger partial charge is 0.253 e. The van der Waals surface area contributed by atoms with Gasteiger partial charge in [-0.25, -0.2) is 0 Å². The molecule has 4 nitrogen and oxygen atoms in total. The Morgan fingerprint density at radius 2 is 1.69 bits per heavy atom. The molecule has 4 aromatic rings. The Kier molecular flexibility index (Phi) is 5.70. The van der Waals surface area contributed by atoms with Gasteiger partial charge >= 0.3 is 0 Å². The average Bonchev–Trinajstić information content (AvgIpc) is 2.88. The fourth-order valence-corrected chi connectivity index (χ4v) is 4.68. The molecule has 32 heavy (non-hydrogen) atoms. The van der Waals surface area contributed by atoms with Crippen molar-refractivity contribution in [3.05, 3.63) is 102 Å². The number of rotatable bonds is 4. The summed E-state index contributed by atoms with van der Waals surface area (Å²) in [5, 5.41) is 12.9. The van der Waals surface area contributed by atoms with Crippen molar-refractivity contribution in [2.45, 2.75) is 18.9 Å². The van der Waals surface area contributed by atoms with Crippen molar-refractivity contribution in [1.82, 2.24) is 9.88 Å². The summed E-state index contributed by atoms with van der Waals surface area (Å²) in [5.41, 5.74) is 3.77. The highest BCUT2D eigenvalue weighted by Gasteiger charge is 2.29. The van der Waals surface area contributed by atoms with Crippen molar-refractivity contribution in [2.24, 2.45) is 5.92 Å². The number of aliphatic hydroxyl groups excluding tert-OH is 1. The van der Waals surface area contributed by atoms with Crippen LogP contribution < -0.4 is 0 Å². The van der Waals surface area contributed by atoms with Gasteiger partial charge in [-0.1, -0.05) is 60.7 Å². The lowest BCUT2D eigenvalue weighted by Crippen LogP contribution is -2.39. The van der Waals surface area contributed by atoms with Crippen molar-refractivity contribution in [3.63, 3.8) is 0 Å². The maximum absolute atomic E-state index is 13.2. The van der Waals surface area contributed by atoms with Crippen LogP contribution in [0.4, 0.5) is 0 Å². The van der Waals surface area contributed by atoms with Crippen LogP contribution >= 0.6 is 0 Å². The average molecular weight is 423 g/mol. The van der Waals surface area contributed by atoms with Crippen molar-refractivity contribution in [3.8, 4) is 11.1 Å². The fraction of sp³-hybridized carbons (Fsp3) is 0.214. The predicted octanol–water partition coefficient (Wildman–Crippen LogP) is 5.49. The van der Waals surface area contributed by atoms with Crippen molar-refractivity contribution in [1.29, 1.82) is 0 Å². The monoisotopic (exact) mass is 422 g/mol. The Bertz CT molecular complexity index is 1220. The van der Waals surface area contributed by atoms with Crippen LogP contribution in [-0.2, 0) is 0 Å². The number of carbonyl (C=O) groups excluding carboxylic acids is 1. The van der Waals surface area contributed by atoms with Gasteiger partial charge in [0.2, 0.25) is 0 Å². The van der Waals surface area contributed by atoms with Gasteiger partial charge in [0, 0.05) is 24.8 Å². The van der Waals surface area contributed by atoms with E-state index in [9.17, 15) is 9.90 Å². The van der Waals surface area contributed by atoms with Gasteiger partial charge < -0.3 is 10.0 Å². The Morgan fingerprint density at radius 3 is 2.44 bits per heavy atom. The number of amides is 1. The molecule has 0 saturated carbocycles. The Morgan fingerprint density at radius 1 is 0.906 bits per heavy atom. The predicted molar refractivity (Wildman–Crippen MR) is 127 cm³/mol. The molecule has 3 aromatic carbocycles. The third-order valence-corrected chi connectivity index (χ3v) is 6.48. The van der Waals surface area contributed by atoms with E-state index in [4.69, 9.17) is 0 Å². The van der Waals surface area contributed by atoms with Crippen LogP contribution in [0, 0.1) is 5.92 Å². The number of hydrogen-bond donors (Lipinski definition) is 1. The van der Waals surface area contributed by atoms with E-state index in [-0.39, 0.29) is 11.8 Å². The second kappa shape index (κ2) is 8.93. The first kappa shape index (κ1) is 20.4. The molecule has 2 heterocycles. The number of carbonyl (C=O) groups is 1. The summed E-state index contributed by atoms with van der Waals surface area (Å²) >= 11 is 0.